The van der Waals surface area contributed by atoms with E-state index in [-0.39, 0.29) is 0 Å². The Kier molecular flexibility index (Phi) is 3.98. The number of benzene rings is 2. The maximum absolute atomic E-state index is 6.16. The van der Waals surface area contributed by atoms with E-state index in [4.69, 9.17) is 4.74 Å². The summed E-state index contributed by atoms with van der Waals surface area (Å²) in [5.41, 5.74) is 4.76. The maximum Gasteiger partial charge on any atom is 0.231 e. The average molecular weight is 346 g/mol. The molecule has 0 radical (unpaired) electrons. The number of thiophene rings is 1. The molecule has 0 saturated carbocycles. The van der Waals surface area contributed by atoms with Gasteiger partial charge in [0.25, 0.3) is 0 Å². The minimum atomic E-state index is 0.608. The molecule has 0 aliphatic rings. The third kappa shape index (κ3) is 2.89. The van der Waals surface area contributed by atoms with Gasteiger partial charge in [0.15, 0.2) is 0 Å². The molecule has 0 aliphatic carbocycles. The van der Waals surface area contributed by atoms with Crippen molar-refractivity contribution in [3.8, 4) is 22.8 Å². The van der Waals surface area contributed by atoms with Crippen LogP contribution in [0.4, 0.5) is 0 Å². The Balaban J connectivity index is 1.88. The molecule has 0 amide bonds. The molecule has 0 saturated heterocycles. The van der Waals surface area contributed by atoms with Gasteiger partial charge in [0.05, 0.1) is 5.39 Å². The van der Waals surface area contributed by atoms with Gasteiger partial charge in [0, 0.05) is 10.4 Å². The van der Waals surface area contributed by atoms with Gasteiger partial charge in [-0.2, -0.15) is 0 Å². The number of aromatic nitrogens is 2. The molecule has 2 aromatic heterocycles. The number of rotatable bonds is 3. The van der Waals surface area contributed by atoms with Crippen LogP contribution in [-0.4, -0.2) is 9.97 Å². The molecule has 0 spiro atoms. The molecule has 0 fully saturated rings. The van der Waals surface area contributed by atoms with Crippen LogP contribution in [0.25, 0.3) is 21.3 Å². The lowest BCUT2D eigenvalue weighted by atomic mass is 10.0. The smallest absolute Gasteiger partial charge is 0.231 e. The van der Waals surface area contributed by atoms with Gasteiger partial charge in [0.2, 0.25) is 5.88 Å². The molecule has 0 N–H and O–H groups in total. The van der Waals surface area contributed by atoms with Crippen molar-refractivity contribution >= 4 is 21.6 Å². The molecule has 4 heteroatoms. The zero-order chi connectivity index (χ0) is 17.4. The number of aryl methyl sites for hydroxylation is 3. The maximum atomic E-state index is 6.16. The predicted octanol–water partition coefficient (Wildman–Crippen LogP) is 6.08. The molecule has 124 valence electrons. The minimum Gasteiger partial charge on any atom is -0.438 e. The fourth-order valence-electron chi connectivity index (χ4n) is 2.94. The lowest BCUT2D eigenvalue weighted by molar-refractivity contribution is 0.468. The van der Waals surface area contributed by atoms with Crippen molar-refractivity contribution in [2.45, 2.75) is 20.8 Å². The van der Waals surface area contributed by atoms with Crippen molar-refractivity contribution in [2.75, 3.05) is 0 Å². The number of fused-ring (bicyclic) bond motifs is 1. The van der Waals surface area contributed by atoms with E-state index < -0.39 is 0 Å². The molecule has 0 atom stereocenters. The van der Waals surface area contributed by atoms with Gasteiger partial charge in [-0.05, 0) is 49.6 Å². The van der Waals surface area contributed by atoms with Gasteiger partial charge < -0.3 is 4.74 Å². The lowest BCUT2D eigenvalue weighted by Gasteiger charge is -2.09. The molecule has 0 bridgehead atoms. The van der Waals surface area contributed by atoms with E-state index in [9.17, 15) is 0 Å². The zero-order valence-electron chi connectivity index (χ0n) is 14.4. The first-order valence-corrected chi connectivity index (χ1v) is 9.00. The summed E-state index contributed by atoms with van der Waals surface area (Å²) in [5, 5.41) is 0.981. The molecule has 0 unspecified atom stereocenters. The van der Waals surface area contributed by atoms with Crippen LogP contribution in [0.3, 0.4) is 0 Å². The first-order valence-electron chi connectivity index (χ1n) is 8.18. The fourth-order valence-corrected chi connectivity index (χ4v) is 3.94. The van der Waals surface area contributed by atoms with Crippen LogP contribution < -0.4 is 4.74 Å². The van der Waals surface area contributed by atoms with E-state index >= 15 is 0 Å². The molecular weight excluding hydrogens is 328 g/mol. The highest BCUT2D eigenvalue weighted by Crippen LogP contribution is 2.42. The van der Waals surface area contributed by atoms with Gasteiger partial charge in [-0.3, -0.25) is 0 Å². The van der Waals surface area contributed by atoms with Gasteiger partial charge in [-0.15, -0.1) is 11.3 Å². The zero-order valence-corrected chi connectivity index (χ0v) is 15.2. The quantitative estimate of drug-likeness (QED) is 0.451. The van der Waals surface area contributed by atoms with Crippen LogP contribution in [0.15, 0.2) is 54.9 Å². The van der Waals surface area contributed by atoms with E-state index in [0.29, 0.717) is 5.88 Å². The number of hydrogen-bond donors (Lipinski definition) is 0. The highest BCUT2D eigenvalue weighted by molar-refractivity contribution is 7.19. The Bertz CT molecular complexity index is 1050. The van der Waals surface area contributed by atoms with E-state index in [1.165, 1.54) is 16.0 Å². The SMILES string of the molecule is Cc1ccc(Oc2ncnc3sc(C)c(-c4ccccc4)c23)cc1C. The van der Waals surface area contributed by atoms with Crippen molar-refractivity contribution in [3.63, 3.8) is 0 Å². The van der Waals surface area contributed by atoms with Crippen LogP contribution in [0.5, 0.6) is 11.6 Å². The highest BCUT2D eigenvalue weighted by atomic mass is 32.1. The Labute approximate surface area is 151 Å². The van der Waals surface area contributed by atoms with Crippen molar-refractivity contribution in [3.05, 3.63) is 70.9 Å². The standard InChI is InChI=1S/C21H18N2OS/c1-13-9-10-17(11-14(13)2)24-20-19-18(16-7-5-4-6-8-16)15(3)25-21(19)23-12-22-20/h4-12H,1-3H3. The normalized spacial score (nSPS) is 11.0. The Morgan fingerprint density at radius 2 is 1.68 bits per heavy atom. The van der Waals surface area contributed by atoms with Crippen LogP contribution in [0, 0.1) is 20.8 Å². The van der Waals surface area contributed by atoms with Crippen LogP contribution in [-0.2, 0) is 0 Å². The fraction of sp³-hybridized carbons (Fsp3) is 0.143. The second-order valence-electron chi connectivity index (χ2n) is 6.11. The average Bonchev–Trinajstić information content (AvgIpc) is 2.96. The summed E-state index contributed by atoms with van der Waals surface area (Å²) in [7, 11) is 0. The summed E-state index contributed by atoms with van der Waals surface area (Å²) < 4.78 is 6.16. The number of hydrogen-bond acceptors (Lipinski definition) is 4. The second-order valence-corrected chi connectivity index (χ2v) is 7.31. The van der Waals surface area contributed by atoms with Gasteiger partial charge in [0.1, 0.15) is 16.9 Å². The second kappa shape index (κ2) is 6.30. The van der Waals surface area contributed by atoms with E-state index in [1.807, 2.05) is 30.3 Å². The van der Waals surface area contributed by atoms with E-state index in [1.54, 1.807) is 17.7 Å². The third-order valence-corrected chi connectivity index (χ3v) is 5.40. The largest absolute Gasteiger partial charge is 0.438 e. The van der Waals surface area contributed by atoms with Gasteiger partial charge in [-0.25, -0.2) is 9.97 Å². The molecule has 3 nitrogen and oxygen atoms in total. The molecule has 0 aliphatic heterocycles. The highest BCUT2D eigenvalue weighted by Gasteiger charge is 2.18. The molecule has 4 rings (SSSR count). The third-order valence-electron chi connectivity index (χ3n) is 4.38. The molecule has 2 aromatic carbocycles. The van der Waals surface area contributed by atoms with Gasteiger partial charge >= 0.3 is 0 Å². The first kappa shape index (κ1) is 15.8. The van der Waals surface area contributed by atoms with Crippen molar-refractivity contribution in [1.29, 1.82) is 0 Å². The van der Waals surface area contributed by atoms with E-state index in [2.05, 4.69) is 48.9 Å². The minimum absolute atomic E-state index is 0.608. The summed E-state index contributed by atoms with van der Waals surface area (Å²) in [6, 6.07) is 16.4. The molecular formula is C21H18N2OS. The molecule has 2 heterocycles. The Morgan fingerprint density at radius 1 is 0.880 bits per heavy atom. The monoisotopic (exact) mass is 346 g/mol. The van der Waals surface area contributed by atoms with Crippen LogP contribution in [0.2, 0.25) is 0 Å². The summed E-state index contributed by atoms with van der Waals surface area (Å²) in [6.07, 6.45) is 1.57. The number of nitrogens with zero attached hydrogens (tertiary/aromatic N) is 2. The Morgan fingerprint density at radius 3 is 2.44 bits per heavy atom. The van der Waals surface area contributed by atoms with Crippen LogP contribution >= 0.6 is 11.3 Å². The van der Waals surface area contributed by atoms with Crippen molar-refractivity contribution < 1.29 is 4.74 Å². The molecule has 25 heavy (non-hydrogen) atoms. The number of ether oxygens (including phenoxy) is 1. The van der Waals surface area contributed by atoms with E-state index in [0.717, 1.165) is 27.1 Å². The lowest BCUT2D eigenvalue weighted by Crippen LogP contribution is -1.92. The van der Waals surface area contributed by atoms with Crippen molar-refractivity contribution in [1.82, 2.24) is 9.97 Å². The summed E-state index contributed by atoms with van der Waals surface area (Å²) in [5.74, 6) is 1.41. The predicted molar refractivity (Wildman–Crippen MR) is 104 cm³/mol. The molecule has 4 aromatic rings. The first-order chi connectivity index (χ1) is 12.1. The van der Waals surface area contributed by atoms with Crippen LogP contribution in [0.1, 0.15) is 16.0 Å². The summed E-state index contributed by atoms with van der Waals surface area (Å²) in [6.45, 7) is 6.30. The Hall–Kier alpha value is -2.72. The van der Waals surface area contributed by atoms with Crippen molar-refractivity contribution in [2.24, 2.45) is 0 Å². The summed E-state index contributed by atoms with van der Waals surface area (Å²) >= 11 is 1.67. The van der Waals surface area contributed by atoms with Gasteiger partial charge in [-0.1, -0.05) is 36.4 Å². The topological polar surface area (TPSA) is 35.0 Å². The summed E-state index contributed by atoms with van der Waals surface area (Å²) in [4.78, 5) is 11.0.